The fourth-order valence-corrected chi connectivity index (χ4v) is 1.48. The molecule has 0 spiro atoms. The van der Waals surface area contributed by atoms with E-state index in [0.29, 0.717) is 6.20 Å². The first-order chi connectivity index (χ1) is 7.14. The lowest BCUT2D eigenvalue weighted by atomic mass is 9.97. The van der Waals surface area contributed by atoms with Gasteiger partial charge in [0.25, 0.3) is 0 Å². The van der Waals surface area contributed by atoms with Gasteiger partial charge in [-0.1, -0.05) is 0 Å². The summed E-state index contributed by atoms with van der Waals surface area (Å²) in [5.41, 5.74) is -2.17. The van der Waals surface area contributed by atoms with Crippen molar-refractivity contribution < 1.29 is 18.0 Å². The molecule has 0 bridgehead atoms. The van der Waals surface area contributed by atoms with Crippen LogP contribution in [0.15, 0.2) is 6.20 Å². The Morgan fingerprint density at radius 1 is 1.44 bits per heavy atom. The Morgan fingerprint density at radius 3 is 2.44 bits per heavy atom. The molecular weight excluding hydrogens is 223 g/mol. The number of nitrogens with zero attached hydrogens (tertiary/aromatic N) is 1. The van der Waals surface area contributed by atoms with Gasteiger partial charge in [-0.25, -0.2) is 0 Å². The molecule has 2 N–H and O–H groups in total. The van der Waals surface area contributed by atoms with Crippen LogP contribution in [0.2, 0.25) is 0 Å². The van der Waals surface area contributed by atoms with Crippen LogP contribution >= 0.6 is 0 Å². The van der Waals surface area contributed by atoms with Crippen LogP contribution in [-0.4, -0.2) is 16.1 Å². The molecule has 0 aromatic carbocycles. The Hall–Kier alpha value is -1.53. The molecule has 0 unspecified atom stereocenters. The van der Waals surface area contributed by atoms with Crippen LogP contribution in [-0.2, 0) is 16.5 Å². The number of halogens is 3. The fourth-order valence-electron chi connectivity index (χ4n) is 1.48. The minimum atomic E-state index is -4.49. The molecule has 0 radical (unpaired) electrons. The summed E-state index contributed by atoms with van der Waals surface area (Å²) in [7, 11) is 0. The van der Waals surface area contributed by atoms with Gasteiger partial charge in [0.1, 0.15) is 0 Å². The molecule has 0 atom stereocenters. The number of alkyl halides is 3. The number of H-pyrrole nitrogens is 1. The van der Waals surface area contributed by atoms with Crippen LogP contribution in [0.5, 0.6) is 0 Å². The summed E-state index contributed by atoms with van der Waals surface area (Å²) in [6, 6.07) is 0. The number of amides is 1. The molecule has 0 aliphatic heterocycles. The quantitative estimate of drug-likeness (QED) is 0.821. The predicted octanol–water partition coefficient (Wildman–Crippen LogP) is 1.80. The second kappa shape index (κ2) is 3.80. The van der Waals surface area contributed by atoms with Crippen molar-refractivity contribution in [2.75, 3.05) is 0 Å². The molecule has 0 aliphatic carbocycles. The second-order valence-corrected chi connectivity index (χ2v) is 3.96. The first-order valence-corrected chi connectivity index (χ1v) is 4.54. The first kappa shape index (κ1) is 12.5. The molecule has 1 rings (SSSR count). The van der Waals surface area contributed by atoms with Gasteiger partial charge in [0.2, 0.25) is 5.91 Å². The zero-order chi connectivity index (χ0) is 12.6. The zero-order valence-electron chi connectivity index (χ0n) is 9.07. The Labute approximate surface area is 90.2 Å². The minimum absolute atomic E-state index is 0.157. The highest BCUT2D eigenvalue weighted by molar-refractivity contribution is 5.74. The molecule has 16 heavy (non-hydrogen) atoms. The standard InChI is InChI=1S/C9H12F3N3O/c1-5(16)14-8(2,3)7-6(4-13-15-7)9(10,11)12/h4H,1-3H3,(H,13,15)(H,14,16). The molecule has 4 nitrogen and oxygen atoms in total. The van der Waals surface area contributed by atoms with Crippen LogP contribution < -0.4 is 5.32 Å². The number of aromatic amines is 1. The highest BCUT2D eigenvalue weighted by Gasteiger charge is 2.39. The summed E-state index contributed by atoms with van der Waals surface area (Å²) >= 11 is 0. The number of carbonyl (C=O) groups excluding carboxylic acids is 1. The lowest BCUT2D eigenvalue weighted by Crippen LogP contribution is -2.41. The Balaban J connectivity index is 3.14. The summed E-state index contributed by atoms with van der Waals surface area (Å²) in [6.07, 6.45) is -3.78. The third-order valence-electron chi connectivity index (χ3n) is 2.06. The molecular formula is C9H12F3N3O. The molecule has 0 fully saturated rings. The van der Waals surface area contributed by atoms with Gasteiger partial charge in [-0.3, -0.25) is 9.89 Å². The molecule has 1 amide bonds. The molecule has 1 heterocycles. The molecule has 1 aromatic heterocycles. The van der Waals surface area contributed by atoms with Crippen molar-refractivity contribution in [2.45, 2.75) is 32.5 Å². The Kier molecular flexibility index (Phi) is 2.98. The lowest BCUT2D eigenvalue weighted by molar-refractivity contribution is -0.139. The summed E-state index contributed by atoms with van der Waals surface area (Å²) in [5.74, 6) is -0.410. The van der Waals surface area contributed by atoms with Crippen molar-refractivity contribution >= 4 is 5.91 Å². The highest BCUT2D eigenvalue weighted by atomic mass is 19.4. The van der Waals surface area contributed by atoms with Gasteiger partial charge in [-0.05, 0) is 13.8 Å². The maximum absolute atomic E-state index is 12.6. The van der Waals surface area contributed by atoms with E-state index in [1.807, 2.05) is 0 Å². The third-order valence-corrected chi connectivity index (χ3v) is 2.06. The van der Waals surface area contributed by atoms with Crippen LogP contribution in [0.1, 0.15) is 32.0 Å². The number of hydrogen-bond acceptors (Lipinski definition) is 2. The van der Waals surface area contributed by atoms with Gasteiger partial charge in [-0.15, -0.1) is 0 Å². The SMILES string of the molecule is CC(=O)NC(C)(C)c1[nH]ncc1C(F)(F)F. The molecule has 0 aliphatic rings. The fraction of sp³-hybridized carbons (Fsp3) is 0.556. The maximum atomic E-state index is 12.6. The number of aromatic nitrogens is 2. The van der Waals surface area contributed by atoms with Gasteiger partial charge < -0.3 is 5.32 Å². The van der Waals surface area contributed by atoms with Gasteiger partial charge in [0, 0.05) is 6.92 Å². The lowest BCUT2D eigenvalue weighted by Gasteiger charge is -2.26. The third kappa shape index (κ3) is 2.53. The van der Waals surface area contributed by atoms with E-state index >= 15 is 0 Å². The van der Waals surface area contributed by atoms with Crippen molar-refractivity contribution in [3.63, 3.8) is 0 Å². The van der Waals surface area contributed by atoms with Crippen molar-refractivity contribution in [3.8, 4) is 0 Å². The molecule has 90 valence electrons. The monoisotopic (exact) mass is 235 g/mol. The number of rotatable bonds is 2. The van der Waals surface area contributed by atoms with E-state index < -0.39 is 23.2 Å². The van der Waals surface area contributed by atoms with Gasteiger partial charge in [0.05, 0.1) is 23.0 Å². The van der Waals surface area contributed by atoms with E-state index in [4.69, 9.17) is 0 Å². The van der Waals surface area contributed by atoms with Crippen molar-refractivity contribution in [1.82, 2.24) is 15.5 Å². The van der Waals surface area contributed by atoms with Crippen molar-refractivity contribution in [1.29, 1.82) is 0 Å². The normalized spacial score (nSPS) is 12.6. The van der Waals surface area contributed by atoms with Gasteiger partial charge in [-0.2, -0.15) is 18.3 Å². The Morgan fingerprint density at radius 2 is 2.00 bits per heavy atom. The predicted molar refractivity (Wildman–Crippen MR) is 50.4 cm³/mol. The topological polar surface area (TPSA) is 57.8 Å². The summed E-state index contributed by atoms with van der Waals surface area (Å²) in [6.45, 7) is 4.18. The molecule has 1 aromatic rings. The Bertz CT molecular complexity index is 395. The number of carbonyl (C=O) groups is 1. The molecule has 7 heteroatoms. The van der Waals surface area contributed by atoms with E-state index in [9.17, 15) is 18.0 Å². The van der Waals surface area contributed by atoms with E-state index in [0.717, 1.165) is 0 Å². The van der Waals surface area contributed by atoms with Crippen LogP contribution in [0.3, 0.4) is 0 Å². The smallest absolute Gasteiger partial charge is 0.346 e. The van der Waals surface area contributed by atoms with Crippen LogP contribution in [0, 0.1) is 0 Å². The summed E-state index contributed by atoms with van der Waals surface area (Å²) < 4.78 is 37.7. The van der Waals surface area contributed by atoms with E-state index in [1.54, 1.807) is 0 Å². The average molecular weight is 235 g/mol. The first-order valence-electron chi connectivity index (χ1n) is 4.54. The average Bonchev–Trinajstić information content (AvgIpc) is 2.46. The highest BCUT2D eigenvalue weighted by Crippen LogP contribution is 2.35. The van der Waals surface area contributed by atoms with E-state index in [-0.39, 0.29) is 5.69 Å². The zero-order valence-corrected chi connectivity index (χ0v) is 9.07. The van der Waals surface area contributed by atoms with Crippen LogP contribution in [0.25, 0.3) is 0 Å². The summed E-state index contributed by atoms with van der Waals surface area (Å²) in [5, 5.41) is 8.06. The van der Waals surface area contributed by atoms with Crippen molar-refractivity contribution in [2.24, 2.45) is 0 Å². The maximum Gasteiger partial charge on any atom is 0.419 e. The van der Waals surface area contributed by atoms with Crippen molar-refractivity contribution in [3.05, 3.63) is 17.5 Å². The second-order valence-electron chi connectivity index (χ2n) is 3.96. The van der Waals surface area contributed by atoms with E-state index in [1.165, 1.54) is 20.8 Å². The van der Waals surface area contributed by atoms with Gasteiger partial charge in [0.15, 0.2) is 0 Å². The number of nitrogens with one attached hydrogen (secondary N) is 2. The molecule has 0 saturated heterocycles. The van der Waals surface area contributed by atoms with Gasteiger partial charge >= 0.3 is 6.18 Å². The summed E-state index contributed by atoms with van der Waals surface area (Å²) in [4.78, 5) is 10.9. The van der Waals surface area contributed by atoms with E-state index in [2.05, 4.69) is 15.5 Å². The largest absolute Gasteiger partial charge is 0.419 e. The molecule has 0 saturated carbocycles. The van der Waals surface area contributed by atoms with Crippen LogP contribution in [0.4, 0.5) is 13.2 Å². The minimum Gasteiger partial charge on any atom is -0.346 e. The number of hydrogen-bond donors (Lipinski definition) is 2.